The third-order valence-corrected chi connectivity index (χ3v) is 6.08. The number of thiazole rings is 1. The Hall–Kier alpha value is -2.80. The average molecular weight is 413 g/mol. The minimum Gasteiger partial charge on any atom is -0.497 e. The predicted octanol–water partition coefficient (Wildman–Crippen LogP) is -0.365. The summed E-state index contributed by atoms with van der Waals surface area (Å²) in [6, 6.07) is -0.981. The lowest BCUT2D eigenvalue weighted by molar-refractivity contribution is -0.150. The van der Waals surface area contributed by atoms with Crippen LogP contribution in [0.25, 0.3) is 0 Å². The molecule has 1 aromatic rings. The molecule has 1 fully saturated rings. The summed E-state index contributed by atoms with van der Waals surface area (Å²) in [5, 5.41) is 24.6. The minimum absolute atomic E-state index is 0.0681. The quantitative estimate of drug-likeness (QED) is 0.218. The molecular formula is C14H15N5O6S2. The van der Waals surface area contributed by atoms with Gasteiger partial charge in [0.2, 0.25) is 0 Å². The molecule has 27 heavy (non-hydrogen) atoms. The maximum Gasteiger partial charge on any atom is 0.356 e. The second kappa shape index (κ2) is 7.08. The number of aromatic nitrogens is 1. The van der Waals surface area contributed by atoms with Crippen molar-refractivity contribution in [2.24, 2.45) is 5.16 Å². The first kappa shape index (κ1) is 19.0. The predicted molar refractivity (Wildman–Crippen MR) is 96.1 cm³/mol. The standard InChI is InChI=1S/C14H15N5O6S2/c1-4-9(25-2)8(13(22)23)19-11(21)7(12(19)27-4)17-10(20)6(18-24)5-3-26-14(15)16-5/h3-4,7,12,24H,1-2H3,(H2,15,16)(H,17,20)(H,22,23)/t4?,7?,12-/m1/s1. The Morgan fingerprint density at radius 3 is 2.70 bits per heavy atom. The highest BCUT2D eigenvalue weighted by Gasteiger charge is 2.56. The molecule has 2 amide bonds. The summed E-state index contributed by atoms with van der Waals surface area (Å²) in [5.74, 6) is -2.54. The molecule has 0 aliphatic carbocycles. The van der Waals surface area contributed by atoms with Crippen molar-refractivity contribution in [2.45, 2.75) is 23.6 Å². The molecule has 2 aliphatic rings. The number of β-lactam (4-membered cyclic amide) rings is 1. The number of methoxy groups -OCH3 is 1. The lowest BCUT2D eigenvalue weighted by atomic mass is 10.0. The van der Waals surface area contributed by atoms with Crippen LogP contribution in [0.5, 0.6) is 0 Å². The van der Waals surface area contributed by atoms with Crippen LogP contribution in [0.1, 0.15) is 12.6 Å². The van der Waals surface area contributed by atoms with Gasteiger partial charge in [-0.25, -0.2) is 9.78 Å². The maximum absolute atomic E-state index is 12.5. The van der Waals surface area contributed by atoms with Gasteiger partial charge in [-0.05, 0) is 6.92 Å². The van der Waals surface area contributed by atoms with Crippen LogP contribution in [-0.2, 0) is 19.1 Å². The molecule has 13 heteroatoms. The summed E-state index contributed by atoms with van der Waals surface area (Å²) in [4.78, 5) is 41.4. The number of rotatable bonds is 5. The third-order valence-electron chi connectivity index (χ3n) is 4.02. The fraction of sp³-hybridized carbons (Fsp3) is 0.357. The SMILES string of the molecule is COC1=C(C(=O)O)N2C(=O)C(NC(=O)C(=NO)c3csc(N)n3)[C@H]2SC1C. The number of hydrogen-bond acceptors (Lipinski definition) is 10. The topological polar surface area (TPSA) is 167 Å². The van der Waals surface area contributed by atoms with Gasteiger partial charge in [0.15, 0.2) is 16.5 Å². The normalized spacial score (nSPS) is 25.0. The molecule has 2 aliphatic heterocycles. The highest BCUT2D eigenvalue weighted by molar-refractivity contribution is 8.00. The molecule has 2 unspecified atom stereocenters. The zero-order valence-corrected chi connectivity index (χ0v) is 15.7. The molecule has 0 spiro atoms. The van der Waals surface area contributed by atoms with Crippen molar-refractivity contribution in [1.82, 2.24) is 15.2 Å². The number of nitrogens with one attached hydrogen (secondary N) is 1. The summed E-state index contributed by atoms with van der Waals surface area (Å²) in [5.41, 5.74) is 4.94. The lowest BCUT2D eigenvalue weighted by Gasteiger charge is -2.50. The van der Waals surface area contributed by atoms with E-state index in [0.717, 1.165) is 16.2 Å². The van der Waals surface area contributed by atoms with Crippen molar-refractivity contribution in [2.75, 3.05) is 12.8 Å². The number of ether oxygens (including phenoxy) is 1. The molecular weight excluding hydrogens is 398 g/mol. The highest BCUT2D eigenvalue weighted by Crippen LogP contribution is 2.44. The van der Waals surface area contributed by atoms with E-state index in [1.165, 1.54) is 24.3 Å². The number of hydrogen-bond donors (Lipinski definition) is 4. The van der Waals surface area contributed by atoms with E-state index in [1.54, 1.807) is 6.92 Å². The Kier molecular flexibility index (Phi) is 4.97. The van der Waals surface area contributed by atoms with Gasteiger partial charge < -0.3 is 26.1 Å². The van der Waals surface area contributed by atoms with Crippen LogP contribution in [-0.4, -0.2) is 67.5 Å². The molecule has 3 rings (SSSR count). The molecule has 0 bridgehead atoms. The average Bonchev–Trinajstić information content (AvgIpc) is 3.05. The van der Waals surface area contributed by atoms with E-state index in [9.17, 15) is 19.5 Å². The molecule has 1 aromatic heterocycles. The summed E-state index contributed by atoms with van der Waals surface area (Å²) >= 11 is 2.33. The van der Waals surface area contributed by atoms with Crippen LogP contribution >= 0.6 is 23.1 Å². The van der Waals surface area contributed by atoms with E-state index >= 15 is 0 Å². The number of nitrogen functional groups attached to an aromatic ring is 1. The van der Waals surface area contributed by atoms with Crippen LogP contribution in [0.4, 0.5) is 5.13 Å². The van der Waals surface area contributed by atoms with Gasteiger partial charge in [-0.1, -0.05) is 5.16 Å². The second-order valence-corrected chi connectivity index (χ2v) is 7.92. The number of carboxylic acids is 1. The summed E-state index contributed by atoms with van der Waals surface area (Å²) < 4.78 is 5.14. The first-order valence-corrected chi connectivity index (χ1v) is 9.36. The Balaban J connectivity index is 1.81. The van der Waals surface area contributed by atoms with Gasteiger partial charge in [0, 0.05) is 5.38 Å². The highest BCUT2D eigenvalue weighted by atomic mass is 32.2. The Labute approximate surface area is 160 Å². The van der Waals surface area contributed by atoms with Gasteiger partial charge in [-0.3, -0.25) is 14.5 Å². The van der Waals surface area contributed by atoms with Crippen molar-refractivity contribution in [3.05, 3.63) is 22.5 Å². The number of amides is 2. The van der Waals surface area contributed by atoms with E-state index in [-0.39, 0.29) is 27.5 Å². The second-order valence-electron chi connectivity index (χ2n) is 5.57. The zero-order valence-electron chi connectivity index (χ0n) is 14.1. The van der Waals surface area contributed by atoms with E-state index in [4.69, 9.17) is 15.7 Å². The van der Waals surface area contributed by atoms with E-state index < -0.39 is 34.9 Å². The van der Waals surface area contributed by atoms with Crippen molar-refractivity contribution in [3.8, 4) is 0 Å². The molecule has 0 radical (unpaired) electrons. The van der Waals surface area contributed by atoms with Gasteiger partial charge in [0.05, 0.1) is 12.4 Å². The van der Waals surface area contributed by atoms with Crippen LogP contribution in [0.3, 0.4) is 0 Å². The molecule has 144 valence electrons. The third kappa shape index (κ3) is 3.08. The van der Waals surface area contributed by atoms with Gasteiger partial charge in [0.25, 0.3) is 11.8 Å². The Morgan fingerprint density at radius 2 is 2.19 bits per heavy atom. The maximum atomic E-state index is 12.5. The molecule has 3 atom stereocenters. The van der Waals surface area contributed by atoms with E-state index in [2.05, 4.69) is 15.5 Å². The number of aliphatic carboxylic acids is 1. The fourth-order valence-electron chi connectivity index (χ4n) is 2.85. The molecule has 0 aromatic carbocycles. The van der Waals surface area contributed by atoms with Gasteiger partial charge in [-0.2, -0.15) is 0 Å². The summed E-state index contributed by atoms with van der Waals surface area (Å²) in [7, 11) is 1.34. The van der Waals surface area contributed by atoms with Crippen molar-refractivity contribution in [1.29, 1.82) is 0 Å². The molecule has 0 saturated carbocycles. The zero-order chi connectivity index (χ0) is 19.9. The first-order chi connectivity index (χ1) is 12.8. The fourth-order valence-corrected chi connectivity index (χ4v) is 4.82. The van der Waals surface area contributed by atoms with E-state index in [1.807, 2.05) is 0 Å². The Bertz CT molecular complexity index is 881. The van der Waals surface area contributed by atoms with Gasteiger partial charge >= 0.3 is 5.97 Å². The number of fused-ring (bicyclic) bond motifs is 1. The van der Waals surface area contributed by atoms with Crippen LogP contribution in [0.2, 0.25) is 0 Å². The lowest BCUT2D eigenvalue weighted by Crippen LogP contribution is -2.71. The van der Waals surface area contributed by atoms with Crippen LogP contribution in [0.15, 0.2) is 22.0 Å². The number of nitrogens with zero attached hydrogens (tertiary/aromatic N) is 3. The minimum atomic E-state index is -1.29. The summed E-state index contributed by atoms with van der Waals surface area (Å²) in [6.45, 7) is 1.74. The van der Waals surface area contributed by atoms with Gasteiger partial charge in [0.1, 0.15) is 22.9 Å². The van der Waals surface area contributed by atoms with Crippen LogP contribution in [0, 0.1) is 0 Å². The number of anilines is 1. The number of carboxylic acid groups (broad SMARTS) is 1. The van der Waals surface area contributed by atoms with E-state index in [0.29, 0.717) is 0 Å². The summed E-state index contributed by atoms with van der Waals surface area (Å²) in [6.07, 6.45) is 0. The van der Waals surface area contributed by atoms with Crippen molar-refractivity contribution in [3.63, 3.8) is 0 Å². The van der Waals surface area contributed by atoms with Crippen molar-refractivity contribution < 1.29 is 29.4 Å². The van der Waals surface area contributed by atoms with Crippen molar-refractivity contribution >= 4 is 51.7 Å². The Morgan fingerprint density at radius 1 is 1.48 bits per heavy atom. The van der Waals surface area contributed by atoms with Crippen LogP contribution < -0.4 is 11.1 Å². The molecule has 1 saturated heterocycles. The largest absolute Gasteiger partial charge is 0.497 e. The smallest absolute Gasteiger partial charge is 0.356 e. The molecule has 11 nitrogen and oxygen atoms in total. The van der Waals surface area contributed by atoms with Gasteiger partial charge in [-0.15, -0.1) is 23.1 Å². The molecule has 3 heterocycles. The number of thioether (sulfide) groups is 1. The number of nitrogens with two attached hydrogens (primary N) is 1. The number of oxime groups is 1. The number of carbonyl (C=O) groups excluding carboxylic acids is 2. The monoisotopic (exact) mass is 413 g/mol. The molecule has 5 N–H and O–H groups in total. The number of carbonyl (C=O) groups is 3. The first-order valence-electron chi connectivity index (χ1n) is 7.54.